The monoisotopic (exact) mass is 285 g/mol. The Hall–Kier alpha value is -1.81. The summed E-state index contributed by atoms with van der Waals surface area (Å²) in [6, 6.07) is 9.14. The molecule has 0 aliphatic heterocycles. The summed E-state index contributed by atoms with van der Waals surface area (Å²) >= 11 is 0. The number of para-hydroxylation sites is 1. The molecule has 0 atom stereocenters. The van der Waals surface area contributed by atoms with Crippen molar-refractivity contribution in [1.82, 2.24) is 14.8 Å². The normalized spacial score (nSPS) is 14.6. The Balaban J connectivity index is 1.85. The molecule has 21 heavy (non-hydrogen) atoms. The van der Waals surface area contributed by atoms with E-state index in [1.807, 2.05) is 20.2 Å². The zero-order chi connectivity index (χ0) is 14.8. The molecule has 1 aliphatic carbocycles. The standard InChI is InChI=1S/C17H23N3O/c1-3-19(2)16(21)12-20-10-9-13-5-4-6-14(17(13)20)11-18-15-7-8-15/h4-6,9-10,15,18H,3,7-8,11-12H2,1-2H3. The van der Waals surface area contributed by atoms with Crippen LogP contribution in [0.15, 0.2) is 30.5 Å². The number of benzene rings is 1. The highest BCUT2D eigenvalue weighted by Gasteiger charge is 2.20. The van der Waals surface area contributed by atoms with Crippen molar-refractivity contribution in [2.24, 2.45) is 0 Å². The van der Waals surface area contributed by atoms with Crippen LogP contribution in [0.5, 0.6) is 0 Å². The average Bonchev–Trinajstić information content (AvgIpc) is 3.25. The molecule has 4 nitrogen and oxygen atoms in total. The molecule has 0 spiro atoms. The Morgan fingerprint density at radius 2 is 2.19 bits per heavy atom. The number of rotatable bonds is 6. The highest BCUT2D eigenvalue weighted by atomic mass is 16.2. The van der Waals surface area contributed by atoms with E-state index in [1.54, 1.807) is 4.90 Å². The van der Waals surface area contributed by atoms with E-state index in [1.165, 1.54) is 29.3 Å². The van der Waals surface area contributed by atoms with Crippen molar-refractivity contribution in [2.45, 2.75) is 38.9 Å². The molecule has 0 radical (unpaired) electrons. The first kappa shape index (κ1) is 14.1. The Bertz CT molecular complexity index is 643. The van der Waals surface area contributed by atoms with Crippen LogP contribution >= 0.6 is 0 Å². The first-order valence-electron chi connectivity index (χ1n) is 7.73. The van der Waals surface area contributed by atoms with Crippen molar-refractivity contribution in [3.05, 3.63) is 36.0 Å². The number of hydrogen-bond donors (Lipinski definition) is 1. The Kier molecular flexibility index (Phi) is 3.97. The Morgan fingerprint density at radius 1 is 1.38 bits per heavy atom. The minimum absolute atomic E-state index is 0.153. The number of nitrogens with zero attached hydrogens (tertiary/aromatic N) is 2. The number of carbonyl (C=O) groups is 1. The molecule has 1 aromatic heterocycles. The van der Waals surface area contributed by atoms with Crippen LogP contribution in [0, 0.1) is 0 Å². The molecule has 1 aromatic carbocycles. The molecule has 1 N–H and O–H groups in total. The second-order valence-corrected chi connectivity index (χ2v) is 5.86. The molecular formula is C17H23N3O. The third-order valence-corrected chi connectivity index (χ3v) is 4.24. The van der Waals surface area contributed by atoms with Crippen LogP contribution in [0.4, 0.5) is 0 Å². The summed E-state index contributed by atoms with van der Waals surface area (Å²) in [5.41, 5.74) is 2.46. The lowest BCUT2D eigenvalue weighted by Gasteiger charge is -2.16. The van der Waals surface area contributed by atoms with Crippen molar-refractivity contribution >= 4 is 16.8 Å². The topological polar surface area (TPSA) is 37.3 Å². The highest BCUT2D eigenvalue weighted by Crippen LogP contribution is 2.23. The molecule has 1 amide bonds. The fourth-order valence-corrected chi connectivity index (χ4v) is 2.60. The summed E-state index contributed by atoms with van der Waals surface area (Å²) in [6.07, 6.45) is 4.60. The minimum atomic E-state index is 0.153. The molecule has 112 valence electrons. The number of aromatic nitrogens is 1. The van der Waals surface area contributed by atoms with Gasteiger partial charge < -0.3 is 14.8 Å². The Morgan fingerprint density at radius 3 is 2.90 bits per heavy atom. The zero-order valence-corrected chi connectivity index (χ0v) is 12.8. The third-order valence-electron chi connectivity index (χ3n) is 4.24. The van der Waals surface area contributed by atoms with Crippen molar-refractivity contribution < 1.29 is 4.79 Å². The lowest BCUT2D eigenvalue weighted by Crippen LogP contribution is -2.29. The van der Waals surface area contributed by atoms with Crippen molar-refractivity contribution in [3.8, 4) is 0 Å². The van der Waals surface area contributed by atoms with Crippen LogP contribution in [0.2, 0.25) is 0 Å². The van der Waals surface area contributed by atoms with Crippen LogP contribution in [0.3, 0.4) is 0 Å². The molecule has 4 heteroatoms. The van der Waals surface area contributed by atoms with Gasteiger partial charge in [0.05, 0.1) is 5.52 Å². The molecule has 0 bridgehead atoms. The Labute approximate surface area is 125 Å². The third kappa shape index (κ3) is 3.10. The number of likely N-dealkylation sites (N-methyl/N-ethyl adjacent to an activating group) is 1. The first-order chi connectivity index (χ1) is 10.2. The van der Waals surface area contributed by atoms with Crippen LogP contribution < -0.4 is 5.32 Å². The SMILES string of the molecule is CCN(C)C(=O)Cn1ccc2cccc(CNC3CC3)c21. The maximum atomic E-state index is 12.2. The van der Waals surface area contributed by atoms with E-state index in [-0.39, 0.29) is 5.91 Å². The molecule has 1 aliphatic rings. The van der Waals surface area contributed by atoms with Gasteiger partial charge in [0, 0.05) is 32.4 Å². The van der Waals surface area contributed by atoms with Gasteiger partial charge in [0.25, 0.3) is 0 Å². The van der Waals surface area contributed by atoms with Crippen LogP contribution in [0.25, 0.3) is 10.9 Å². The van der Waals surface area contributed by atoms with E-state index in [0.717, 1.165) is 13.1 Å². The summed E-state index contributed by atoms with van der Waals surface area (Å²) in [5, 5.41) is 4.77. The van der Waals surface area contributed by atoms with Gasteiger partial charge in [-0.25, -0.2) is 0 Å². The molecule has 0 unspecified atom stereocenters. The minimum Gasteiger partial charge on any atom is -0.344 e. The lowest BCUT2D eigenvalue weighted by atomic mass is 10.1. The number of hydrogen-bond acceptors (Lipinski definition) is 2. The summed E-state index contributed by atoms with van der Waals surface area (Å²) < 4.78 is 2.08. The largest absolute Gasteiger partial charge is 0.344 e. The fourth-order valence-electron chi connectivity index (χ4n) is 2.60. The lowest BCUT2D eigenvalue weighted by molar-refractivity contribution is -0.130. The first-order valence-corrected chi connectivity index (χ1v) is 7.73. The average molecular weight is 285 g/mol. The van der Waals surface area contributed by atoms with Gasteiger partial charge in [-0.3, -0.25) is 4.79 Å². The number of amides is 1. The van der Waals surface area contributed by atoms with E-state index in [9.17, 15) is 4.79 Å². The van der Waals surface area contributed by atoms with Crippen LogP contribution in [-0.2, 0) is 17.9 Å². The molecule has 1 fully saturated rings. The predicted molar refractivity (Wildman–Crippen MR) is 85.1 cm³/mol. The maximum absolute atomic E-state index is 12.2. The zero-order valence-electron chi connectivity index (χ0n) is 12.8. The quantitative estimate of drug-likeness (QED) is 0.885. The van der Waals surface area contributed by atoms with E-state index >= 15 is 0 Å². The fraction of sp³-hybridized carbons (Fsp3) is 0.471. The molecule has 1 saturated carbocycles. The van der Waals surface area contributed by atoms with Crippen molar-refractivity contribution in [1.29, 1.82) is 0 Å². The molecule has 0 saturated heterocycles. The van der Waals surface area contributed by atoms with Gasteiger partial charge in [-0.15, -0.1) is 0 Å². The number of carbonyl (C=O) groups excluding carboxylic acids is 1. The van der Waals surface area contributed by atoms with Crippen LogP contribution in [-0.4, -0.2) is 35.0 Å². The summed E-state index contributed by atoms with van der Waals surface area (Å²) in [5.74, 6) is 0.153. The number of nitrogens with one attached hydrogen (secondary N) is 1. The molecular weight excluding hydrogens is 262 g/mol. The number of fused-ring (bicyclic) bond motifs is 1. The van der Waals surface area contributed by atoms with Gasteiger partial charge in [0.1, 0.15) is 6.54 Å². The van der Waals surface area contributed by atoms with Crippen LogP contribution in [0.1, 0.15) is 25.3 Å². The second-order valence-electron chi connectivity index (χ2n) is 5.86. The summed E-state index contributed by atoms with van der Waals surface area (Å²) in [4.78, 5) is 13.9. The molecule has 1 heterocycles. The molecule has 2 aromatic rings. The van der Waals surface area contributed by atoms with E-state index in [4.69, 9.17) is 0 Å². The predicted octanol–water partition coefficient (Wildman–Crippen LogP) is 2.37. The van der Waals surface area contributed by atoms with Gasteiger partial charge in [-0.2, -0.15) is 0 Å². The van der Waals surface area contributed by atoms with Gasteiger partial charge >= 0.3 is 0 Å². The van der Waals surface area contributed by atoms with Crippen molar-refractivity contribution in [3.63, 3.8) is 0 Å². The summed E-state index contributed by atoms with van der Waals surface area (Å²) in [7, 11) is 1.85. The van der Waals surface area contributed by atoms with E-state index in [0.29, 0.717) is 12.6 Å². The van der Waals surface area contributed by atoms with Gasteiger partial charge in [0.15, 0.2) is 0 Å². The summed E-state index contributed by atoms with van der Waals surface area (Å²) in [6.45, 7) is 4.03. The van der Waals surface area contributed by atoms with E-state index in [2.05, 4.69) is 34.1 Å². The van der Waals surface area contributed by atoms with E-state index < -0.39 is 0 Å². The molecule has 3 rings (SSSR count). The smallest absolute Gasteiger partial charge is 0.242 e. The van der Waals surface area contributed by atoms with Gasteiger partial charge in [0.2, 0.25) is 5.91 Å². The van der Waals surface area contributed by atoms with Crippen molar-refractivity contribution in [2.75, 3.05) is 13.6 Å². The maximum Gasteiger partial charge on any atom is 0.242 e. The second kappa shape index (κ2) is 5.90. The van der Waals surface area contributed by atoms with Gasteiger partial charge in [-0.1, -0.05) is 18.2 Å². The van der Waals surface area contributed by atoms with Gasteiger partial charge in [-0.05, 0) is 36.8 Å². The highest BCUT2D eigenvalue weighted by molar-refractivity contribution is 5.85.